The highest BCUT2D eigenvalue weighted by atomic mass is 35.5. The van der Waals surface area contributed by atoms with Crippen molar-refractivity contribution in [2.24, 2.45) is 7.05 Å². The molecular formula is C22H26ClFN6O2. The van der Waals surface area contributed by atoms with E-state index in [2.05, 4.69) is 20.4 Å². The number of hydrogen-bond donors (Lipinski definition) is 2. The van der Waals surface area contributed by atoms with Crippen LogP contribution in [0.2, 0.25) is 5.15 Å². The summed E-state index contributed by atoms with van der Waals surface area (Å²) in [5.74, 6) is 0.193. The van der Waals surface area contributed by atoms with Gasteiger partial charge in [0.15, 0.2) is 0 Å². The second-order valence-electron chi connectivity index (χ2n) is 8.64. The number of ether oxygens (including phenoxy) is 1. The van der Waals surface area contributed by atoms with E-state index in [-0.39, 0.29) is 12.0 Å². The molecule has 0 unspecified atom stereocenters. The van der Waals surface area contributed by atoms with Gasteiger partial charge in [0.1, 0.15) is 11.3 Å². The number of piperidine rings is 1. The third-order valence-corrected chi connectivity index (χ3v) is 6.99. The Labute approximate surface area is 190 Å². The summed E-state index contributed by atoms with van der Waals surface area (Å²) in [6, 6.07) is 3.87. The Bertz CT molecular complexity index is 1140. The van der Waals surface area contributed by atoms with E-state index in [4.69, 9.17) is 16.3 Å². The number of fused-ring (bicyclic) bond motifs is 1. The van der Waals surface area contributed by atoms with Crippen LogP contribution in [-0.4, -0.2) is 74.4 Å². The first-order valence-corrected chi connectivity index (χ1v) is 11.1. The summed E-state index contributed by atoms with van der Waals surface area (Å²) in [5.41, 5.74) is 3.37. The monoisotopic (exact) mass is 460 g/mol. The number of alkyl halides is 1. The molecule has 1 aromatic carbocycles. The van der Waals surface area contributed by atoms with Crippen LogP contribution in [0.25, 0.3) is 10.9 Å². The predicted octanol–water partition coefficient (Wildman–Crippen LogP) is 2.96. The van der Waals surface area contributed by atoms with Crippen LogP contribution in [0.5, 0.6) is 0 Å². The van der Waals surface area contributed by atoms with E-state index < -0.39 is 12.3 Å². The van der Waals surface area contributed by atoms with Gasteiger partial charge in [-0.3, -0.25) is 9.58 Å². The summed E-state index contributed by atoms with van der Waals surface area (Å²) in [7, 11) is 1.75. The summed E-state index contributed by atoms with van der Waals surface area (Å²) >= 11 is 6.22. The molecule has 4 atom stereocenters. The van der Waals surface area contributed by atoms with Crippen LogP contribution in [0.4, 0.5) is 16.0 Å². The molecule has 0 saturated carbocycles. The number of nitrogens with zero attached hydrogens (tertiary/aromatic N) is 5. The van der Waals surface area contributed by atoms with Crippen molar-refractivity contribution in [3.63, 3.8) is 0 Å². The topological polar surface area (TPSA) is 88.3 Å². The molecule has 3 aromatic rings. The zero-order valence-corrected chi connectivity index (χ0v) is 18.8. The fourth-order valence-electron chi connectivity index (χ4n) is 4.76. The summed E-state index contributed by atoms with van der Waals surface area (Å²) in [5, 5.41) is 18.7. The van der Waals surface area contributed by atoms with Crippen molar-refractivity contribution in [2.45, 2.75) is 37.6 Å². The van der Waals surface area contributed by atoms with Crippen LogP contribution < -0.4 is 5.32 Å². The number of anilines is 2. The van der Waals surface area contributed by atoms with Gasteiger partial charge in [-0.2, -0.15) is 5.10 Å². The number of halogens is 2. The number of aryl methyl sites for hydroxylation is 2. The van der Waals surface area contributed by atoms with Crippen molar-refractivity contribution in [1.82, 2.24) is 24.6 Å². The maximum absolute atomic E-state index is 15.3. The lowest BCUT2D eigenvalue weighted by Gasteiger charge is -2.39. The van der Waals surface area contributed by atoms with Gasteiger partial charge >= 0.3 is 0 Å². The van der Waals surface area contributed by atoms with Gasteiger partial charge in [0.05, 0.1) is 42.8 Å². The van der Waals surface area contributed by atoms with Gasteiger partial charge in [0.25, 0.3) is 0 Å². The zero-order chi connectivity index (χ0) is 22.4. The first-order chi connectivity index (χ1) is 15.4. The number of rotatable bonds is 4. The van der Waals surface area contributed by atoms with Crippen molar-refractivity contribution >= 4 is 34.1 Å². The number of aromatic nitrogens is 4. The van der Waals surface area contributed by atoms with Gasteiger partial charge in [0.2, 0.25) is 5.95 Å². The third kappa shape index (κ3) is 3.94. The van der Waals surface area contributed by atoms with Gasteiger partial charge in [-0.05, 0) is 43.1 Å². The van der Waals surface area contributed by atoms with E-state index in [0.717, 1.165) is 28.6 Å². The molecule has 10 heteroatoms. The van der Waals surface area contributed by atoms with Crippen LogP contribution in [0, 0.1) is 6.92 Å². The third-order valence-electron chi connectivity index (χ3n) is 6.54. The van der Waals surface area contributed by atoms with Gasteiger partial charge in [-0.25, -0.2) is 14.4 Å². The molecule has 2 N–H and O–H groups in total. The van der Waals surface area contributed by atoms with Crippen LogP contribution >= 0.6 is 11.6 Å². The molecule has 0 radical (unpaired) electrons. The first kappa shape index (κ1) is 21.5. The molecule has 32 heavy (non-hydrogen) atoms. The quantitative estimate of drug-likeness (QED) is 0.618. The highest BCUT2D eigenvalue weighted by Gasteiger charge is 2.38. The number of benzene rings is 1. The maximum atomic E-state index is 15.3. The number of aliphatic hydroxyl groups is 1. The van der Waals surface area contributed by atoms with Gasteiger partial charge in [-0.15, -0.1) is 0 Å². The fourth-order valence-corrected chi connectivity index (χ4v) is 4.90. The second-order valence-corrected chi connectivity index (χ2v) is 9.00. The SMILES string of the molecule is Cc1cc2cnc(Nc3cnn(C)c3Cl)nc2cc1[C@@H]1CCN([C@H]2COC[C@H]2O)C[C@H]1F. The van der Waals surface area contributed by atoms with E-state index in [1.807, 2.05) is 24.0 Å². The Kier molecular flexibility index (Phi) is 5.75. The van der Waals surface area contributed by atoms with Crippen molar-refractivity contribution in [2.75, 3.05) is 31.6 Å². The highest BCUT2D eigenvalue weighted by Crippen LogP contribution is 2.36. The van der Waals surface area contributed by atoms with Crippen LogP contribution in [0.1, 0.15) is 23.5 Å². The average Bonchev–Trinajstić information content (AvgIpc) is 3.34. The van der Waals surface area contributed by atoms with Crippen molar-refractivity contribution in [3.05, 3.63) is 40.8 Å². The largest absolute Gasteiger partial charge is 0.389 e. The van der Waals surface area contributed by atoms with Crippen molar-refractivity contribution in [1.29, 1.82) is 0 Å². The molecule has 2 fully saturated rings. The molecule has 5 rings (SSSR count). The second kappa shape index (κ2) is 8.55. The molecule has 0 aliphatic carbocycles. The lowest BCUT2D eigenvalue weighted by Crippen LogP contribution is -2.50. The zero-order valence-electron chi connectivity index (χ0n) is 18.0. The molecule has 2 saturated heterocycles. The number of nitrogens with one attached hydrogen (secondary N) is 1. The molecule has 2 aromatic heterocycles. The Morgan fingerprint density at radius 2 is 2.12 bits per heavy atom. The number of likely N-dealkylation sites (tertiary alicyclic amines) is 1. The number of aliphatic hydroxyl groups excluding tert-OH is 1. The minimum Gasteiger partial charge on any atom is -0.389 e. The van der Waals surface area contributed by atoms with Crippen LogP contribution in [0.3, 0.4) is 0 Å². The summed E-state index contributed by atoms with van der Waals surface area (Å²) in [4.78, 5) is 11.0. The predicted molar refractivity (Wildman–Crippen MR) is 120 cm³/mol. The van der Waals surface area contributed by atoms with Gasteiger partial charge in [0, 0.05) is 31.1 Å². The van der Waals surface area contributed by atoms with Crippen molar-refractivity contribution < 1.29 is 14.2 Å². The van der Waals surface area contributed by atoms with Gasteiger partial charge < -0.3 is 15.2 Å². The molecule has 0 amide bonds. The molecule has 8 nitrogen and oxygen atoms in total. The fraction of sp³-hybridized carbons (Fsp3) is 0.500. The summed E-state index contributed by atoms with van der Waals surface area (Å²) in [6.45, 7) is 3.81. The molecule has 4 heterocycles. The molecule has 2 aliphatic rings. The Morgan fingerprint density at radius 3 is 2.81 bits per heavy atom. The number of hydrogen-bond acceptors (Lipinski definition) is 7. The molecule has 0 spiro atoms. The first-order valence-electron chi connectivity index (χ1n) is 10.8. The Balaban J connectivity index is 1.39. The molecule has 0 bridgehead atoms. The Hall–Kier alpha value is -2.33. The van der Waals surface area contributed by atoms with E-state index in [1.165, 1.54) is 0 Å². The van der Waals surface area contributed by atoms with Crippen LogP contribution in [0.15, 0.2) is 24.5 Å². The van der Waals surface area contributed by atoms with Crippen molar-refractivity contribution in [3.8, 4) is 0 Å². The minimum absolute atomic E-state index is 0.118. The minimum atomic E-state index is -1.03. The van der Waals surface area contributed by atoms with E-state index in [0.29, 0.717) is 43.0 Å². The standard InChI is InChI=1S/C22H26ClFN6O2/c1-12-5-13-7-25-22(28-18-8-26-29(2)21(18)23)27-17(13)6-15(12)14-3-4-30(9-16(14)24)19-10-32-11-20(19)31/h5-8,14,16,19-20,31H,3-4,9-11H2,1-2H3,(H,25,27,28)/t14-,16+,19-,20+/m0/s1. The lowest BCUT2D eigenvalue weighted by atomic mass is 9.84. The molecular weight excluding hydrogens is 435 g/mol. The van der Waals surface area contributed by atoms with E-state index >= 15 is 4.39 Å². The highest BCUT2D eigenvalue weighted by molar-refractivity contribution is 6.32. The van der Waals surface area contributed by atoms with E-state index in [1.54, 1.807) is 24.1 Å². The smallest absolute Gasteiger partial charge is 0.227 e. The van der Waals surface area contributed by atoms with Crippen LogP contribution in [-0.2, 0) is 11.8 Å². The normalized spacial score (nSPS) is 26.7. The average molecular weight is 461 g/mol. The van der Waals surface area contributed by atoms with Gasteiger partial charge in [-0.1, -0.05) is 11.6 Å². The molecule has 170 valence electrons. The Morgan fingerprint density at radius 1 is 1.28 bits per heavy atom. The lowest BCUT2D eigenvalue weighted by molar-refractivity contribution is 0.0352. The molecule has 2 aliphatic heterocycles. The summed E-state index contributed by atoms with van der Waals surface area (Å²) < 4.78 is 22.2. The summed E-state index contributed by atoms with van der Waals surface area (Å²) in [6.07, 6.45) is 2.48. The maximum Gasteiger partial charge on any atom is 0.227 e. The van der Waals surface area contributed by atoms with E-state index in [9.17, 15) is 5.11 Å².